The molecular formula is C12H20N2O. The molecule has 3 nitrogen and oxygen atoms in total. The molecule has 15 heavy (non-hydrogen) atoms. The first-order chi connectivity index (χ1) is 7.24. The molecule has 0 saturated heterocycles. The lowest BCUT2D eigenvalue weighted by Gasteiger charge is -2.17. The Hall–Kier alpha value is -0.930. The van der Waals surface area contributed by atoms with Gasteiger partial charge in [-0.1, -0.05) is 13.0 Å². The third-order valence-electron chi connectivity index (χ3n) is 2.41. The molecule has 1 N–H and O–H groups in total. The number of pyridine rings is 1. The Balaban J connectivity index is 2.33. The average Bonchev–Trinajstić information content (AvgIpc) is 2.27. The summed E-state index contributed by atoms with van der Waals surface area (Å²) in [5, 5.41) is 3.46. The molecule has 0 spiro atoms. The Kier molecular flexibility index (Phi) is 5.29. The number of hydrogen-bond acceptors (Lipinski definition) is 3. The van der Waals surface area contributed by atoms with E-state index in [1.165, 1.54) is 5.56 Å². The van der Waals surface area contributed by atoms with E-state index in [9.17, 15) is 0 Å². The van der Waals surface area contributed by atoms with Crippen LogP contribution in [0.4, 0.5) is 0 Å². The van der Waals surface area contributed by atoms with Crippen molar-refractivity contribution in [2.75, 3.05) is 20.3 Å². The number of nitrogens with one attached hydrogen (secondary N) is 1. The van der Waals surface area contributed by atoms with Gasteiger partial charge in [0.1, 0.15) is 0 Å². The molecule has 3 heteroatoms. The van der Waals surface area contributed by atoms with Crippen LogP contribution in [0.2, 0.25) is 0 Å². The van der Waals surface area contributed by atoms with Crippen LogP contribution in [0, 0.1) is 5.92 Å². The number of aromatic nitrogens is 1. The van der Waals surface area contributed by atoms with Gasteiger partial charge in [-0.05, 0) is 24.5 Å². The van der Waals surface area contributed by atoms with Crippen molar-refractivity contribution >= 4 is 0 Å². The van der Waals surface area contributed by atoms with Crippen molar-refractivity contribution in [3.8, 4) is 0 Å². The van der Waals surface area contributed by atoms with E-state index in [4.69, 9.17) is 4.74 Å². The van der Waals surface area contributed by atoms with Crippen molar-refractivity contribution in [3.05, 3.63) is 30.1 Å². The quantitative estimate of drug-likeness (QED) is 0.776. The Morgan fingerprint density at radius 3 is 2.87 bits per heavy atom. The molecule has 0 aromatic carbocycles. The highest BCUT2D eigenvalue weighted by atomic mass is 16.5. The minimum atomic E-state index is 0.345. The van der Waals surface area contributed by atoms with Crippen LogP contribution in [0.1, 0.15) is 25.5 Å². The van der Waals surface area contributed by atoms with Crippen LogP contribution in [0.25, 0.3) is 0 Å². The normalized spacial score (nSPS) is 14.9. The first kappa shape index (κ1) is 12.1. The maximum absolute atomic E-state index is 5.09. The van der Waals surface area contributed by atoms with Crippen LogP contribution >= 0.6 is 0 Å². The maximum atomic E-state index is 5.09. The summed E-state index contributed by atoms with van der Waals surface area (Å²) in [5.41, 5.74) is 1.22. The molecule has 2 unspecified atom stereocenters. The Labute approximate surface area is 91.9 Å². The van der Waals surface area contributed by atoms with E-state index in [0.717, 1.165) is 13.2 Å². The summed E-state index contributed by atoms with van der Waals surface area (Å²) in [5.74, 6) is 0.536. The fourth-order valence-corrected chi connectivity index (χ4v) is 1.47. The molecule has 84 valence electrons. The van der Waals surface area contributed by atoms with Crippen LogP contribution in [0.3, 0.4) is 0 Å². The van der Waals surface area contributed by atoms with Gasteiger partial charge >= 0.3 is 0 Å². The molecule has 0 fully saturated rings. The zero-order chi connectivity index (χ0) is 11.1. The second-order valence-electron chi connectivity index (χ2n) is 3.98. The molecule has 0 aliphatic rings. The molecule has 0 aliphatic heterocycles. The number of methoxy groups -OCH3 is 1. The van der Waals surface area contributed by atoms with Crippen molar-refractivity contribution in [1.82, 2.24) is 10.3 Å². The summed E-state index contributed by atoms with van der Waals surface area (Å²) < 4.78 is 5.09. The maximum Gasteiger partial charge on any atom is 0.0499 e. The molecule has 1 heterocycles. The third-order valence-corrected chi connectivity index (χ3v) is 2.41. The standard InChI is InChI=1S/C12H20N2O/c1-10(9-15-3)7-14-11(2)12-5-4-6-13-8-12/h4-6,8,10-11,14H,7,9H2,1-3H3. The van der Waals surface area contributed by atoms with Crippen molar-refractivity contribution in [3.63, 3.8) is 0 Å². The number of rotatable bonds is 6. The van der Waals surface area contributed by atoms with Crippen molar-refractivity contribution in [2.45, 2.75) is 19.9 Å². The SMILES string of the molecule is COCC(C)CNC(C)c1cccnc1. The van der Waals surface area contributed by atoms with Crippen molar-refractivity contribution in [1.29, 1.82) is 0 Å². The second kappa shape index (κ2) is 6.53. The van der Waals surface area contributed by atoms with E-state index in [0.29, 0.717) is 12.0 Å². The summed E-state index contributed by atoms with van der Waals surface area (Å²) in [4.78, 5) is 4.10. The largest absolute Gasteiger partial charge is 0.384 e. The van der Waals surface area contributed by atoms with Gasteiger partial charge in [0.15, 0.2) is 0 Å². The Morgan fingerprint density at radius 1 is 1.47 bits per heavy atom. The molecule has 1 rings (SSSR count). The molecule has 0 aliphatic carbocycles. The predicted octanol–water partition coefficient (Wildman–Crippen LogP) is 2.01. The molecule has 0 amide bonds. The summed E-state index contributed by atoms with van der Waals surface area (Å²) >= 11 is 0. The van der Waals surface area contributed by atoms with Gasteiger partial charge in [-0.2, -0.15) is 0 Å². The van der Waals surface area contributed by atoms with Gasteiger partial charge in [-0.3, -0.25) is 4.98 Å². The average molecular weight is 208 g/mol. The highest BCUT2D eigenvalue weighted by Gasteiger charge is 2.06. The molecule has 1 aromatic heterocycles. The van der Waals surface area contributed by atoms with Gasteiger partial charge in [0.2, 0.25) is 0 Å². The molecule has 0 bridgehead atoms. The summed E-state index contributed by atoms with van der Waals surface area (Å²) in [6, 6.07) is 4.40. The highest BCUT2D eigenvalue weighted by molar-refractivity contribution is 5.12. The number of hydrogen-bond donors (Lipinski definition) is 1. The van der Waals surface area contributed by atoms with Gasteiger partial charge in [0.25, 0.3) is 0 Å². The van der Waals surface area contributed by atoms with E-state index in [2.05, 4.69) is 30.2 Å². The zero-order valence-electron chi connectivity index (χ0n) is 9.73. The monoisotopic (exact) mass is 208 g/mol. The summed E-state index contributed by atoms with van der Waals surface area (Å²) in [6.45, 7) is 6.08. The number of ether oxygens (including phenoxy) is 1. The van der Waals surface area contributed by atoms with Crippen LogP contribution in [0.5, 0.6) is 0 Å². The topological polar surface area (TPSA) is 34.1 Å². The highest BCUT2D eigenvalue weighted by Crippen LogP contribution is 2.10. The molecule has 0 radical (unpaired) electrons. The van der Waals surface area contributed by atoms with Gasteiger partial charge in [0, 0.05) is 38.7 Å². The zero-order valence-corrected chi connectivity index (χ0v) is 9.73. The summed E-state index contributed by atoms with van der Waals surface area (Å²) in [6.07, 6.45) is 3.70. The van der Waals surface area contributed by atoms with E-state index in [1.54, 1.807) is 13.3 Å². The molecule has 0 saturated carbocycles. The van der Waals surface area contributed by atoms with E-state index in [-0.39, 0.29) is 0 Å². The van der Waals surface area contributed by atoms with Crippen LogP contribution in [-0.4, -0.2) is 25.2 Å². The van der Waals surface area contributed by atoms with Gasteiger partial charge in [0.05, 0.1) is 0 Å². The van der Waals surface area contributed by atoms with Crippen molar-refractivity contribution in [2.24, 2.45) is 5.92 Å². The van der Waals surface area contributed by atoms with E-state index in [1.807, 2.05) is 12.3 Å². The Bertz CT molecular complexity index is 264. The first-order valence-corrected chi connectivity index (χ1v) is 5.36. The van der Waals surface area contributed by atoms with Crippen LogP contribution in [-0.2, 0) is 4.74 Å². The van der Waals surface area contributed by atoms with Crippen LogP contribution < -0.4 is 5.32 Å². The predicted molar refractivity (Wildman–Crippen MR) is 61.7 cm³/mol. The first-order valence-electron chi connectivity index (χ1n) is 5.36. The lowest BCUT2D eigenvalue weighted by Crippen LogP contribution is -2.26. The lowest BCUT2D eigenvalue weighted by molar-refractivity contribution is 0.157. The minimum Gasteiger partial charge on any atom is -0.384 e. The van der Waals surface area contributed by atoms with E-state index < -0.39 is 0 Å². The fourth-order valence-electron chi connectivity index (χ4n) is 1.47. The fraction of sp³-hybridized carbons (Fsp3) is 0.583. The summed E-state index contributed by atoms with van der Waals surface area (Å²) in [7, 11) is 1.74. The van der Waals surface area contributed by atoms with E-state index >= 15 is 0 Å². The second-order valence-corrected chi connectivity index (χ2v) is 3.98. The smallest absolute Gasteiger partial charge is 0.0499 e. The minimum absolute atomic E-state index is 0.345. The molecular weight excluding hydrogens is 188 g/mol. The van der Waals surface area contributed by atoms with Gasteiger partial charge in [-0.25, -0.2) is 0 Å². The number of nitrogens with zero attached hydrogens (tertiary/aromatic N) is 1. The molecule has 2 atom stereocenters. The van der Waals surface area contributed by atoms with Crippen molar-refractivity contribution < 1.29 is 4.74 Å². The van der Waals surface area contributed by atoms with Crippen LogP contribution in [0.15, 0.2) is 24.5 Å². The van der Waals surface area contributed by atoms with Gasteiger partial charge in [-0.15, -0.1) is 0 Å². The van der Waals surface area contributed by atoms with Gasteiger partial charge < -0.3 is 10.1 Å². The third kappa shape index (κ3) is 4.40. The molecule has 1 aromatic rings. The Morgan fingerprint density at radius 2 is 2.27 bits per heavy atom. The lowest BCUT2D eigenvalue weighted by atomic mass is 10.1.